The topological polar surface area (TPSA) is 62.3 Å². The minimum atomic E-state index is -0.187. The van der Waals surface area contributed by atoms with E-state index in [9.17, 15) is 9.59 Å². The number of anilines is 1. The van der Waals surface area contributed by atoms with Crippen LogP contribution >= 0.6 is 11.3 Å². The highest BCUT2D eigenvalue weighted by Gasteiger charge is 2.45. The van der Waals surface area contributed by atoms with Crippen LogP contribution in [0.4, 0.5) is 5.13 Å². The van der Waals surface area contributed by atoms with Crippen molar-refractivity contribution < 1.29 is 9.59 Å². The molecule has 0 aliphatic heterocycles. The van der Waals surface area contributed by atoms with Gasteiger partial charge in [-0.15, -0.1) is 11.3 Å². The first-order valence-corrected chi connectivity index (χ1v) is 9.46. The van der Waals surface area contributed by atoms with Crippen LogP contribution < -0.4 is 5.32 Å². The highest BCUT2D eigenvalue weighted by Crippen LogP contribution is 2.48. The van der Waals surface area contributed by atoms with Crippen LogP contribution in [-0.4, -0.2) is 34.8 Å². The van der Waals surface area contributed by atoms with Gasteiger partial charge in [-0.25, -0.2) is 4.98 Å². The summed E-state index contributed by atoms with van der Waals surface area (Å²) in [4.78, 5) is 31.9. The number of thiazole rings is 1. The van der Waals surface area contributed by atoms with Gasteiger partial charge in [0.2, 0.25) is 11.8 Å². The molecule has 1 fully saturated rings. The number of carbonyl (C=O) groups is 2. The Morgan fingerprint density at radius 3 is 2.72 bits per heavy atom. The fourth-order valence-electron chi connectivity index (χ4n) is 3.05. The molecule has 1 aromatic carbocycles. The number of rotatable bonds is 7. The molecule has 2 amide bonds. The van der Waals surface area contributed by atoms with Crippen molar-refractivity contribution in [3.63, 3.8) is 0 Å². The van der Waals surface area contributed by atoms with Crippen molar-refractivity contribution in [2.75, 3.05) is 18.4 Å². The summed E-state index contributed by atoms with van der Waals surface area (Å²) in [5.41, 5.74) is 1.21. The molecule has 2 aromatic rings. The molecule has 1 N–H and O–H groups in total. The van der Waals surface area contributed by atoms with Crippen molar-refractivity contribution >= 4 is 28.3 Å². The maximum Gasteiger partial charge on any atom is 0.245 e. The van der Waals surface area contributed by atoms with Gasteiger partial charge in [-0.1, -0.05) is 37.3 Å². The zero-order valence-electron chi connectivity index (χ0n) is 14.6. The molecule has 1 aliphatic carbocycles. The molecule has 2 unspecified atom stereocenters. The Labute approximate surface area is 152 Å². The average Bonchev–Trinajstić information content (AvgIpc) is 3.31. The normalized spacial score (nSPS) is 18.6. The summed E-state index contributed by atoms with van der Waals surface area (Å²) in [6.07, 6.45) is 3.43. The van der Waals surface area contributed by atoms with E-state index in [1.54, 1.807) is 11.1 Å². The number of hydrogen-bond donors (Lipinski definition) is 1. The van der Waals surface area contributed by atoms with E-state index >= 15 is 0 Å². The third kappa shape index (κ3) is 4.45. The maximum atomic E-state index is 12.8. The lowest BCUT2D eigenvalue weighted by Crippen LogP contribution is -2.39. The van der Waals surface area contributed by atoms with Gasteiger partial charge < -0.3 is 10.2 Å². The first kappa shape index (κ1) is 17.6. The molecule has 1 heterocycles. The van der Waals surface area contributed by atoms with Crippen molar-refractivity contribution in [2.45, 2.75) is 32.6 Å². The van der Waals surface area contributed by atoms with Crippen LogP contribution in [0.1, 0.15) is 36.1 Å². The average molecular weight is 357 g/mol. The van der Waals surface area contributed by atoms with Crippen LogP contribution in [0.15, 0.2) is 36.5 Å². The quantitative estimate of drug-likeness (QED) is 0.826. The number of aryl methyl sites for hydroxylation is 1. The Bertz CT molecular complexity index is 744. The van der Waals surface area contributed by atoms with Crippen LogP contribution in [-0.2, 0) is 9.59 Å². The molecule has 2 atom stereocenters. The fourth-order valence-corrected chi connectivity index (χ4v) is 3.73. The third-order valence-corrected chi connectivity index (χ3v) is 5.17. The first-order chi connectivity index (χ1) is 12.1. The van der Waals surface area contributed by atoms with Crippen molar-refractivity contribution in [3.05, 3.63) is 47.0 Å². The number of hydrogen-bond acceptors (Lipinski definition) is 4. The lowest BCUT2D eigenvalue weighted by molar-refractivity contribution is -0.136. The number of amides is 2. The summed E-state index contributed by atoms with van der Waals surface area (Å²) < 4.78 is 0. The minimum absolute atomic E-state index is 0.00357. The molecule has 5 nitrogen and oxygen atoms in total. The summed E-state index contributed by atoms with van der Waals surface area (Å²) in [5.74, 6) is 0.191. The molecule has 0 bridgehead atoms. The van der Waals surface area contributed by atoms with Gasteiger partial charge in [0.1, 0.15) is 0 Å². The molecule has 1 aromatic heterocycles. The standard InChI is InChI=1S/C19H23N3O2S/c1-3-9-22(12-17(23)21-19-20-11-13(2)25-19)18(24)16-10-15(16)14-7-5-4-6-8-14/h4-8,11,15-16H,3,9-10,12H2,1-2H3,(H,20,21,23). The smallest absolute Gasteiger partial charge is 0.245 e. The van der Waals surface area contributed by atoms with Crippen molar-refractivity contribution in [2.24, 2.45) is 5.92 Å². The van der Waals surface area contributed by atoms with Crippen LogP contribution in [0.3, 0.4) is 0 Å². The summed E-state index contributed by atoms with van der Waals surface area (Å²) in [5, 5.41) is 3.37. The second kappa shape index (κ2) is 7.78. The molecule has 1 aliphatic rings. The molecule has 1 saturated carbocycles. The predicted molar refractivity (Wildman–Crippen MR) is 99.6 cm³/mol. The number of aromatic nitrogens is 1. The van der Waals surface area contributed by atoms with Crippen molar-refractivity contribution in [1.82, 2.24) is 9.88 Å². The second-order valence-corrected chi connectivity index (χ2v) is 7.68. The van der Waals surface area contributed by atoms with Gasteiger partial charge >= 0.3 is 0 Å². The predicted octanol–water partition coefficient (Wildman–Crippen LogP) is 3.43. The zero-order chi connectivity index (χ0) is 17.8. The van der Waals surface area contributed by atoms with Gasteiger partial charge in [0.05, 0.1) is 6.54 Å². The van der Waals surface area contributed by atoms with Crippen molar-refractivity contribution in [1.29, 1.82) is 0 Å². The summed E-state index contributed by atoms with van der Waals surface area (Å²) in [6, 6.07) is 10.1. The van der Waals surface area contributed by atoms with E-state index < -0.39 is 0 Å². The molecular formula is C19H23N3O2S. The monoisotopic (exact) mass is 357 g/mol. The van der Waals surface area contributed by atoms with Gasteiger partial charge in [-0.3, -0.25) is 9.59 Å². The fraction of sp³-hybridized carbons (Fsp3) is 0.421. The van der Waals surface area contributed by atoms with Gasteiger partial charge in [0, 0.05) is 23.5 Å². The summed E-state index contributed by atoms with van der Waals surface area (Å²) in [6.45, 7) is 4.64. The molecule has 25 heavy (non-hydrogen) atoms. The van der Waals surface area contributed by atoms with Gasteiger partial charge in [0.25, 0.3) is 0 Å². The molecule has 0 saturated heterocycles. The Kier molecular flexibility index (Phi) is 5.48. The van der Waals surface area contributed by atoms with Gasteiger partial charge in [-0.2, -0.15) is 0 Å². The summed E-state index contributed by atoms with van der Waals surface area (Å²) >= 11 is 1.43. The SMILES string of the molecule is CCCN(CC(=O)Nc1ncc(C)s1)C(=O)C1CC1c1ccccc1. The van der Waals surface area contributed by atoms with Crippen LogP contribution in [0.5, 0.6) is 0 Å². The van der Waals surface area contributed by atoms with Crippen LogP contribution in [0.25, 0.3) is 0 Å². The van der Waals surface area contributed by atoms with E-state index in [0.29, 0.717) is 11.7 Å². The Morgan fingerprint density at radius 1 is 1.32 bits per heavy atom. The largest absolute Gasteiger partial charge is 0.333 e. The molecule has 0 radical (unpaired) electrons. The van der Waals surface area contributed by atoms with E-state index in [2.05, 4.69) is 22.4 Å². The van der Waals surface area contributed by atoms with Crippen LogP contribution in [0.2, 0.25) is 0 Å². The highest BCUT2D eigenvalue weighted by molar-refractivity contribution is 7.15. The van der Waals surface area contributed by atoms with E-state index in [4.69, 9.17) is 0 Å². The molecule has 132 valence electrons. The highest BCUT2D eigenvalue weighted by atomic mass is 32.1. The molecule has 3 rings (SSSR count). The lowest BCUT2D eigenvalue weighted by atomic mass is 10.1. The summed E-state index contributed by atoms with van der Waals surface area (Å²) in [7, 11) is 0. The number of benzene rings is 1. The van der Waals surface area contributed by atoms with E-state index in [0.717, 1.165) is 17.7 Å². The first-order valence-electron chi connectivity index (χ1n) is 8.64. The number of nitrogens with zero attached hydrogens (tertiary/aromatic N) is 2. The number of nitrogens with one attached hydrogen (secondary N) is 1. The van der Waals surface area contributed by atoms with E-state index in [-0.39, 0.29) is 30.2 Å². The lowest BCUT2D eigenvalue weighted by Gasteiger charge is -2.21. The van der Waals surface area contributed by atoms with Gasteiger partial charge in [-0.05, 0) is 31.2 Å². The Balaban J connectivity index is 1.59. The molecule has 0 spiro atoms. The minimum Gasteiger partial charge on any atom is -0.333 e. The third-order valence-electron chi connectivity index (χ3n) is 4.34. The second-order valence-electron chi connectivity index (χ2n) is 6.44. The Hall–Kier alpha value is -2.21. The zero-order valence-corrected chi connectivity index (χ0v) is 15.4. The number of carbonyl (C=O) groups excluding carboxylic acids is 2. The Morgan fingerprint density at radius 2 is 2.08 bits per heavy atom. The van der Waals surface area contributed by atoms with E-state index in [1.807, 2.05) is 32.0 Å². The molecule has 6 heteroatoms. The van der Waals surface area contributed by atoms with Crippen molar-refractivity contribution in [3.8, 4) is 0 Å². The molecular weight excluding hydrogens is 334 g/mol. The maximum absolute atomic E-state index is 12.8. The van der Waals surface area contributed by atoms with E-state index in [1.165, 1.54) is 16.9 Å². The van der Waals surface area contributed by atoms with Gasteiger partial charge in [0.15, 0.2) is 5.13 Å². The van der Waals surface area contributed by atoms with Crippen LogP contribution in [0, 0.1) is 12.8 Å².